The fraction of sp³-hybridized carbons (Fsp3) is 0.632. The summed E-state index contributed by atoms with van der Waals surface area (Å²) in [4.78, 5) is 14.5. The van der Waals surface area contributed by atoms with Crippen molar-refractivity contribution in [1.29, 1.82) is 0 Å². The van der Waals surface area contributed by atoms with Crippen molar-refractivity contribution >= 4 is 6.03 Å². The van der Waals surface area contributed by atoms with E-state index in [0.29, 0.717) is 0 Å². The van der Waals surface area contributed by atoms with Crippen LogP contribution in [0.25, 0.3) is 0 Å². The van der Waals surface area contributed by atoms with Crippen LogP contribution in [0.2, 0.25) is 0 Å². The molecule has 0 bridgehead atoms. The lowest BCUT2D eigenvalue weighted by atomic mass is 9.87. The minimum atomic E-state index is 0.105. The minimum Gasteiger partial charge on any atom is -0.381 e. The Bertz CT molecular complexity index is 603. The highest BCUT2D eigenvalue weighted by atomic mass is 16.5. The number of hydrogen-bond acceptors (Lipinski definition) is 2. The summed E-state index contributed by atoms with van der Waals surface area (Å²) in [6.45, 7) is 6.33. The van der Waals surface area contributed by atoms with Gasteiger partial charge in [0.25, 0.3) is 0 Å². The monoisotopic (exact) mass is 314 g/mol. The number of nitrogens with zero attached hydrogens (tertiary/aromatic N) is 1. The minimum absolute atomic E-state index is 0.105. The van der Waals surface area contributed by atoms with E-state index in [0.717, 1.165) is 45.7 Å². The number of carbonyl (C=O) groups is 1. The Morgan fingerprint density at radius 1 is 1.26 bits per heavy atom. The van der Waals surface area contributed by atoms with Crippen LogP contribution in [0.4, 0.5) is 4.79 Å². The number of amides is 2. The zero-order chi connectivity index (χ0) is 15.9. The molecule has 2 amide bonds. The number of aryl methyl sites for hydroxylation is 1. The van der Waals surface area contributed by atoms with Gasteiger partial charge in [0, 0.05) is 37.1 Å². The van der Waals surface area contributed by atoms with Gasteiger partial charge in [-0.2, -0.15) is 0 Å². The van der Waals surface area contributed by atoms with Gasteiger partial charge in [0.2, 0.25) is 0 Å². The molecule has 2 heterocycles. The Labute approximate surface area is 138 Å². The van der Waals surface area contributed by atoms with Crippen LogP contribution in [0.15, 0.2) is 24.3 Å². The average molecular weight is 314 g/mol. The van der Waals surface area contributed by atoms with E-state index in [-0.39, 0.29) is 16.9 Å². The quantitative estimate of drug-likeness (QED) is 0.932. The molecule has 1 aromatic rings. The molecule has 3 aliphatic rings. The van der Waals surface area contributed by atoms with E-state index >= 15 is 0 Å². The van der Waals surface area contributed by atoms with Gasteiger partial charge in [-0.15, -0.1) is 0 Å². The third kappa shape index (κ3) is 2.74. The van der Waals surface area contributed by atoms with E-state index in [1.165, 1.54) is 24.0 Å². The predicted octanol–water partition coefficient (Wildman–Crippen LogP) is 2.85. The fourth-order valence-electron chi connectivity index (χ4n) is 4.30. The van der Waals surface area contributed by atoms with E-state index in [1.54, 1.807) is 0 Å². The molecule has 4 rings (SSSR count). The van der Waals surface area contributed by atoms with Gasteiger partial charge < -0.3 is 15.0 Å². The Morgan fingerprint density at radius 2 is 2.09 bits per heavy atom. The second-order valence-corrected chi connectivity index (χ2v) is 7.73. The zero-order valence-electron chi connectivity index (χ0n) is 13.9. The first kappa shape index (κ1) is 15.0. The summed E-state index contributed by atoms with van der Waals surface area (Å²) in [5.74, 6) is 0. The molecule has 4 nitrogen and oxygen atoms in total. The molecule has 4 heteroatoms. The van der Waals surface area contributed by atoms with Crippen LogP contribution >= 0.6 is 0 Å². The molecule has 2 saturated heterocycles. The maximum Gasteiger partial charge on any atom is 0.317 e. The van der Waals surface area contributed by atoms with Crippen LogP contribution in [0.5, 0.6) is 0 Å². The summed E-state index contributed by atoms with van der Waals surface area (Å²) in [6.07, 6.45) is 4.54. The molecule has 23 heavy (non-hydrogen) atoms. The van der Waals surface area contributed by atoms with E-state index in [9.17, 15) is 4.79 Å². The van der Waals surface area contributed by atoms with Gasteiger partial charge in [0.15, 0.2) is 0 Å². The van der Waals surface area contributed by atoms with Gasteiger partial charge in [-0.3, -0.25) is 0 Å². The molecular formula is C19H26N2O2. The number of hydrogen-bond donors (Lipinski definition) is 1. The number of ether oxygens (including phenoxy) is 1. The van der Waals surface area contributed by atoms with E-state index in [4.69, 9.17) is 4.74 Å². The fourth-order valence-corrected chi connectivity index (χ4v) is 4.30. The molecule has 124 valence electrons. The average Bonchev–Trinajstić information content (AvgIpc) is 3.02. The van der Waals surface area contributed by atoms with Crippen molar-refractivity contribution in [3.8, 4) is 0 Å². The Kier molecular flexibility index (Phi) is 3.60. The summed E-state index contributed by atoms with van der Waals surface area (Å²) in [6, 6.07) is 8.68. The van der Waals surface area contributed by atoms with Crippen molar-refractivity contribution < 1.29 is 9.53 Å². The van der Waals surface area contributed by atoms with E-state index in [2.05, 4.69) is 36.5 Å². The third-order valence-electron chi connectivity index (χ3n) is 6.06. The summed E-state index contributed by atoms with van der Waals surface area (Å²) in [5, 5.41) is 3.21. The molecule has 0 radical (unpaired) electrons. The second kappa shape index (κ2) is 5.52. The highest BCUT2D eigenvalue weighted by molar-refractivity contribution is 5.75. The number of rotatable bonds is 3. The van der Waals surface area contributed by atoms with Gasteiger partial charge in [0.05, 0.1) is 6.61 Å². The molecule has 0 unspecified atom stereocenters. The van der Waals surface area contributed by atoms with Crippen LogP contribution in [-0.4, -0.2) is 43.8 Å². The topological polar surface area (TPSA) is 41.6 Å². The van der Waals surface area contributed by atoms with Gasteiger partial charge in [-0.1, -0.05) is 24.3 Å². The van der Waals surface area contributed by atoms with Crippen molar-refractivity contribution in [2.75, 3.05) is 32.8 Å². The molecule has 0 aromatic heterocycles. The third-order valence-corrected chi connectivity index (χ3v) is 6.06. The van der Waals surface area contributed by atoms with Crippen LogP contribution < -0.4 is 5.32 Å². The van der Waals surface area contributed by atoms with E-state index in [1.807, 2.05) is 4.90 Å². The SMILES string of the molecule is Cc1ccccc1C1(CNC(=O)N2CC[C@@]3(CCOC3)C2)CC1. The lowest BCUT2D eigenvalue weighted by Crippen LogP contribution is -2.43. The molecule has 1 aliphatic carbocycles. The highest BCUT2D eigenvalue weighted by Gasteiger charge is 2.46. The maximum absolute atomic E-state index is 12.6. The largest absolute Gasteiger partial charge is 0.381 e. The molecule has 1 spiro atoms. The number of nitrogens with one attached hydrogen (secondary N) is 1. The summed E-state index contributed by atoms with van der Waals surface area (Å²) in [7, 11) is 0. The Hall–Kier alpha value is -1.55. The van der Waals surface area contributed by atoms with Gasteiger partial charge in [0.1, 0.15) is 0 Å². The number of benzene rings is 1. The van der Waals surface area contributed by atoms with Gasteiger partial charge in [-0.05, 0) is 43.7 Å². The summed E-state index contributed by atoms with van der Waals surface area (Å²) < 4.78 is 5.55. The van der Waals surface area contributed by atoms with Crippen molar-refractivity contribution in [2.24, 2.45) is 5.41 Å². The van der Waals surface area contributed by atoms with Crippen molar-refractivity contribution in [3.63, 3.8) is 0 Å². The van der Waals surface area contributed by atoms with Gasteiger partial charge in [-0.25, -0.2) is 4.79 Å². The normalized spacial score (nSPS) is 28.3. The molecule has 2 aliphatic heterocycles. The van der Waals surface area contributed by atoms with Crippen LogP contribution in [0, 0.1) is 12.3 Å². The maximum atomic E-state index is 12.6. The number of carbonyl (C=O) groups excluding carboxylic acids is 1. The predicted molar refractivity (Wildman–Crippen MR) is 89.5 cm³/mol. The van der Waals surface area contributed by atoms with E-state index < -0.39 is 0 Å². The molecule has 1 aromatic carbocycles. The Balaban J connectivity index is 1.36. The van der Waals surface area contributed by atoms with Crippen molar-refractivity contribution in [2.45, 2.75) is 38.0 Å². The smallest absolute Gasteiger partial charge is 0.317 e. The van der Waals surface area contributed by atoms with Crippen LogP contribution in [0.3, 0.4) is 0 Å². The molecule has 1 N–H and O–H groups in total. The second-order valence-electron chi connectivity index (χ2n) is 7.73. The first-order valence-electron chi connectivity index (χ1n) is 8.79. The number of urea groups is 1. The lowest BCUT2D eigenvalue weighted by molar-refractivity contribution is 0.152. The Morgan fingerprint density at radius 3 is 2.78 bits per heavy atom. The van der Waals surface area contributed by atoms with Crippen LogP contribution in [-0.2, 0) is 10.2 Å². The lowest BCUT2D eigenvalue weighted by Gasteiger charge is -2.24. The first-order valence-corrected chi connectivity index (χ1v) is 8.79. The molecular weight excluding hydrogens is 288 g/mol. The standard InChI is InChI=1S/C19H26N2O2/c1-15-4-2-3-5-16(15)19(6-7-19)12-20-17(22)21-10-8-18(13-21)9-11-23-14-18/h2-5H,6-14H2,1H3,(H,20,22)/t18-/m1/s1. The highest BCUT2D eigenvalue weighted by Crippen LogP contribution is 2.48. The molecule has 3 fully saturated rings. The molecule has 1 saturated carbocycles. The van der Waals surface area contributed by atoms with Crippen LogP contribution in [0.1, 0.15) is 36.8 Å². The first-order chi connectivity index (χ1) is 11.1. The van der Waals surface area contributed by atoms with Gasteiger partial charge >= 0.3 is 6.03 Å². The zero-order valence-corrected chi connectivity index (χ0v) is 13.9. The summed E-state index contributed by atoms with van der Waals surface area (Å²) >= 11 is 0. The molecule has 1 atom stereocenters. The van der Waals surface area contributed by atoms with Crippen molar-refractivity contribution in [1.82, 2.24) is 10.2 Å². The number of likely N-dealkylation sites (tertiary alicyclic amines) is 1. The van der Waals surface area contributed by atoms with Crippen molar-refractivity contribution in [3.05, 3.63) is 35.4 Å². The summed E-state index contributed by atoms with van der Waals surface area (Å²) in [5.41, 5.74) is 3.16.